The molecule has 2 aromatic heterocycles. The molecule has 0 aromatic carbocycles. The van der Waals surface area contributed by atoms with Crippen molar-refractivity contribution in [2.75, 3.05) is 13.1 Å². The summed E-state index contributed by atoms with van der Waals surface area (Å²) in [4.78, 5) is 16.4. The fourth-order valence-corrected chi connectivity index (χ4v) is 2.05. The SMILES string of the molecule is Cn1ncc2c(=O)n(CCNCC3CC3)cnc21. The molecule has 0 aliphatic heterocycles. The van der Waals surface area contributed by atoms with E-state index in [4.69, 9.17) is 0 Å². The maximum absolute atomic E-state index is 12.1. The van der Waals surface area contributed by atoms with Crippen LogP contribution in [-0.2, 0) is 13.6 Å². The maximum atomic E-state index is 12.1. The lowest BCUT2D eigenvalue weighted by Gasteiger charge is -2.06. The average Bonchev–Trinajstić information content (AvgIpc) is 3.11. The summed E-state index contributed by atoms with van der Waals surface area (Å²) in [5, 5.41) is 8.00. The van der Waals surface area contributed by atoms with E-state index in [1.54, 1.807) is 28.8 Å². The molecule has 0 unspecified atom stereocenters. The van der Waals surface area contributed by atoms with Crippen LogP contribution in [0.15, 0.2) is 17.3 Å². The second-order valence-electron chi connectivity index (χ2n) is 4.90. The third-order valence-corrected chi connectivity index (χ3v) is 3.38. The highest BCUT2D eigenvalue weighted by atomic mass is 16.1. The summed E-state index contributed by atoms with van der Waals surface area (Å²) in [6, 6.07) is 0. The van der Waals surface area contributed by atoms with Gasteiger partial charge in [0.1, 0.15) is 11.7 Å². The zero-order chi connectivity index (χ0) is 12.5. The molecule has 3 rings (SSSR count). The van der Waals surface area contributed by atoms with Gasteiger partial charge in [-0.1, -0.05) is 0 Å². The molecule has 96 valence electrons. The minimum Gasteiger partial charge on any atom is -0.315 e. The van der Waals surface area contributed by atoms with Crippen molar-refractivity contribution in [3.63, 3.8) is 0 Å². The van der Waals surface area contributed by atoms with Gasteiger partial charge in [0, 0.05) is 20.1 Å². The fraction of sp³-hybridized carbons (Fsp3) is 0.583. The highest BCUT2D eigenvalue weighted by molar-refractivity contribution is 5.72. The van der Waals surface area contributed by atoms with Crippen molar-refractivity contribution in [1.82, 2.24) is 24.6 Å². The van der Waals surface area contributed by atoms with Gasteiger partial charge in [-0.05, 0) is 25.3 Å². The summed E-state index contributed by atoms with van der Waals surface area (Å²) in [5.74, 6) is 0.862. The van der Waals surface area contributed by atoms with Gasteiger partial charge in [0.15, 0.2) is 5.65 Å². The average molecular weight is 247 g/mol. The Morgan fingerprint density at radius 2 is 2.33 bits per heavy atom. The quantitative estimate of drug-likeness (QED) is 0.763. The third kappa shape index (κ3) is 2.15. The molecule has 0 bridgehead atoms. The molecular weight excluding hydrogens is 230 g/mol. The molecule has 0 spiro atoms. The second-order valence-corrected chi connectivity index (χ2v) is 4.90. The highest BCUT2D eigenvalue weighted by Gasteiger charge is 2.20. The summed E-state index contributed by atoms with van der Waals surface area (Å²) in [5.41, 5.74) is 0.628. The predicted molar refractivity (Wildman–Crippen MR) is 68.4 cm³/mol. The van der Waals surface area contributed by atoms with Crippen LogP contribution in [0.1, 0.15) is 12.8 Å². The van der Waals surface area contributed by atoms with Crippen LogP contribution in [0.25, 0.3) is 11.0 Å². The van der Waals surface area contributed by atoms with Gasteiger partial charge in [-0.15, -0.1) is 0 Å². The molecule has 2 aromatic rings. The van der Waals surface area contributed by atoms with E-state index in [0.29, 0.717) is 17.6 Å². The Bertz CT molecular complexity index is 610. The minimum atomic E-state index is -0.0127. The normalized spacial score (nSPS) is 15.4. The van der Waals surface area contributed by atoms with Gasteiger partial charge in [-0.2, -0.15) is 5.10 Å². The van der Waals surface area contributed by atoms with Gasteiger partial charge >= 0.3 is 0 Å². The number of fused-ring (bicyclic) bond motifs is 1. The molecule has 2 heterocycles. The Balaban J connectivity index is 1.71. The van der Waals surface area contributed by atoms with E-state index in [2.05, 4.69) is 15.4 Å². The first-order chi connectivity index (χ1) is 8.75. The van der Waals surface area contributed by atoms with Gasteiger partial charge in [-0.3, -0.25) is 14.0 Å². The molecule has 1 aliphatic carbocycles. The van der Waals surface area contributed by atoms with E-state index in [1.165, 1.54) is 12.8 Å². The van der Waals surface area contributed by atoms with E-state index >= 15 is 0 Å². The first kappa shape index (κ1) is 11.4. The van der Waals surface area contributed by atoms with Gasteiger partial charge in [0.25, 0.3) is 5.56 Å². The molecule has 1 fully saturated rings. The van der Waals surface area contributed by atoms with Gasteiger partial charge in [0.2, 0.25) is 0 Å². The molecule has 1 aliphatic rings. The molecular formula is C12H17N5O. The Kier molecular flexibility index (Phi) is 2.87. The van der Waals surface area contributed by atoms with Gasteiger partial charge < -0.3 is 5.32 Å². The van der Waals surface area contributed by atoms with Crippen molar-refractivity contribution >= 4 is 11.0 Å². The first-order valence-corrected chi connectivity index (χ1v) is 6.33. The summed E-state index contributed by atoms with van der Waals surface area (Å²) < 4.78 is 3.26. The summed E-state index contributed by atoms with van der Waals surface area (Å²) >= 11 is 0. The number of hydrogen-bond acceptors (Lipinski definition) is 4. The minimum absolute atomic E-state index is 0.0127. The van der Waals surface area contributed by atoms with Crippen LogP contribution >= 0.6 is 0 Å². The number of nitrogens with one attached hydrogen (secondary N) is 1. The number of aromatic nitrogens is 4. The molecule has 0 amide bonds. The molecule has 6 nitrogen and oxygen atoms in total. The second kappa shape index (κ2) is 4.53. The van der Waals surface area contributed by atoms with Crippen LogP contribution in [0.2, 0.25) is 0 Å². The van der Waals surface area contributed by atoms with Gasteiger partial charge in [0.05, 0.1) is 6.20 Å². The van der Waals surface area contributed by atoms with Crippen LogP contribution in [0.5, 0.6) is 0 Å². The van der Waals surface area contributed by atoms with Crippen molar-refractivity contribution in [1.29, 1.82) is 0 Å². The van der Waals surface area contributed by atoms with Crippen molar-refractivity contribution in [3.8, 4) is 0 Å². The van der Waals surface area contributed by atoms with Crippen molar-refractivity contribution in [3.05, 3.63) is 22.9 Å². The number of hydrogen-bond donors (Lipinski definition) is 1. The molecule has 6 heteroatoms. The van der Waals surface area contributed by atoms with Crippen LogP contribution in [0.4, 0.5) is 0 Å². The fourth-order valence-electron chi connectivity index (χ4n) is 2.05. The number of rotatable bonds is 5. The van der Waals surface area contributed by atoms with E-state index < -0.39 is 0 Å². The monoisotopic (exact) mass is 247 g/mol. The number of aryl methyl sites for hydroxylation is 1. The van der Waals surface area contributed by atoms with E-state index in [1.807, 2.05) is 0 Å². The zero-order valence-corrected chi connectivity index (χ0v) is 10.5. The highest BCUT2D eigenvalue weighted by Crippen LogP contribution is 2.27. The summed E-state index contributed by atoms with van der Waals surface area (Å²) in [7, 11) is 1.79. The van der Waals surface area contributed by atoms with E-state index in [9.17, 15) is 4.79 Å². The smallest absolute Gasteiger partial charge is 0.264 e. The molecule has 0 saturated heterocycles. The van der Waals surface area contributed by atoms with Crippen LogP contribution in [0, 0.1) is 5.92 Å². The topological polar surface area (TPSA) is 64.7 Å². The third-order valence-electron chi connectivity index (χ3n) is 3.38. The van der Waals surface area contributed by atoms with E-state index in [-0.39, 0.29) is 5.56 Å². The standard InChI is InChI=1S/C12H17N5O/c1-16-11-10(7-15-16)12(18)17(8-14-11)5-4-13-6-9-2-3-9/h7-9,13H,2-6H2,1H3. The van der Waals surface area contributed by atoms with E-state index in [0.717, 1.165) is 19.0 Å². The first-order valence-electron chi connectivity index (χ1n) is 6.33. The molecule has 0 radical (unpaired) electrons. The lowest BCUT2D eigenvalue weighted by atomic mass is 10.4. The largest absolute Gasteiger partial charge is 0.315 e. The predicted octanol–water partition coefficient (Wildman–Crippen LogP) is 0.130. The summed E-state index contributed by atoms with van der Waals surface area (Å²) in [6.07, 6.45) is 5.87. The van der Waals surface area contributed by atoms with Crippen molar-refractivity contribution < 1.29 is 0 Å². The molecule has 0 atom stereocenters. The summed E-state index contributed by atoms with van der Waals surface area (Å²) in [6.45, 7) is 2.53. The molecule has 1 saturated carbocycles. The molecule has 18 heavy (non-hydrogen) atoms. The van der Waals surface area contributed by atoms with Crippen molar-refractivity contribution in [2.45, 2.75) is 19.4 Å². The number of nitrogens with zero attached hydrogens (tertiary/aromatic N) is 4. The lowest BCUT2D eigenvalue weighted by molar-refractivity contribution is 0.564. The van der Waals surface area contributed by atoms with Crippen LogP contribution in [-0.4, -0.2) is 32.4 Å². The molecule has 1 N–H and O–H groups in total. The lowest BCUT2D eigenvalue weighted by Crippen LogP contribution is -2.28. The zero-order valence-electron chi connectivity index (χ0n) is 10.5. The van der Waals surface area contributed by atoms with Crippen LogP contribution in [0.3, 0.4) is 0 Å². The maximum Gasteiger partial charge on any atom is 0.264 e. The Morgan fingerprint density at radius 3 is 3.11 bits per heavy atom. The Hall–Kier alpha value is -1.69. The van der Waals surface area contributed by atoms with Gasteiger partial charge in [-0.25, -0.2) is 4.98 Å². The Morgan fingerprint density at radius 1 is 1.50 bits per heavy atom. The van der Waals surface area contributed by atoms with Crippen molar-refractivity contribution in [2.24, 2.45) is 13.0 Å². The van der Waals surface area contributed by atoms with Crippen LogP contribution < -0.4 is 10.9 Å². The Labute approximate surface area is 105 Å².